The second-order valence-electron chi connectivity index (χ2n) is 2.50. The molecule has 1 aromatic carbocycles. The van der Waals surface area contributed by atoms with E-state index in [0.717, 1.165) is 0 Å². The lowest BCUT2D eigenvalue weighted by atomic mass is 10.1. The van der Waals surface area contributed by atoms with Gasteiger partial charge in [-0.2, -0.15) is 0 Å². The summed E-state index contributed by atoms with van der Waals surface area (Å²) in [5.41, 5.74) is 0.451. The van der Waals surface area contributed by atoms with Crippen LogP contribution < -0.4 is 4.72 Å². The molecule has 1 atom stereocenters. The Hall–Kier alpha value is -0.750. The Labute approximate surface area is 88.7 Å². The van der Waals surface area contributed by atoms with Crippen LogP contribution >= 0.6 is 11.6 Å². The van der Waals surface area contributed by atoms with Gasteiger partial charge in [-0.05, 0) is 24.3 Å². The number of carbonyl (C=O) groups excluding carboxylic acids is 1. The van der Waals surface area contributed by atoms with Crippen LogP contribution in [0.2, 0.25) is 5.02 Å². The Kier molecular flexibility index (Phi) is 4.21. The number of ketones is 1. The molecule has 1 unspecified atom stereocenters. The standard InChI is InChI=1S/C8H8ClNO3S/c9-7-3-1-6(2-4-7)8(11)5-10-14(12)13/h1-4,10H,5H2,(H,12,13). The van der Waals surface area contributed by atoms with Crippen molar-refractivity contribution in [2.24, 2.45) is 0 Å². The summed E-state index contributed by atoms with van der Waals surface area (Å²) in [6, 6.07) is 6.30. The van der Waals surface area contributed by atoms with Gasteiger partial charge < -0.3 is 0 Å². The van der Waals surface area contributed by atoms with E-state index >= 15 is 0 Å². The molecule has 2 N–H and O–H groups in total. The molecular formula is C8H8ClNO3S. The summed E-state index contributed by atoms with van der Waals surface area (Å²) >= 11 is 3.47. The van der Waals surface area contributed by atoms with Crippen molar-refractivity contribution in [2.75, 3.05) is 6.54 Å². The number of nitrogens with one attached hydrogen (secondary N) is 1. The molecule has 0 saturated carbocycles. The number of Topliss-reactive ketones (excluding diaryl/α,β-unsaturated/α-hetero) is 1. The molecule has 1 aromatic rings. The van der Waals surface area contributed by atoms with Crippen LogP contribution in [0.5, 0.6) is 0 Å². The van der Waals surface area contributed by atoms with Gasteiger partial charge in [0.2, 0.25) is 11.3 Å². The van der Waals surface area contributed by atoms with Crippen LogP contribution in [0.15, 0.2) is 24.3 Å². The Morgan fingerprint density at radius 2 is 2.00 bits per heavy atom. The SMILES string of the molecule is O=C(CNS(=O)O)c1ccc(Cl)cc1. The van der Waals surface area contributed by atoms with Gasteiger partial charge in [0.1, 0.15) is 0 Å². The number of carbonyl (C=O) groups is 1. The zero-order chi connectivity index (χ0) is 10.6. The predicted molar refractivity (Wildman–Crippen MR) is 54.6 cm³/mol. The summed E-state index contributed by atoms with van der Waals surface area (Å²) in [5.74, 6) is -0.260. The minimum absolute atomic E-state index is 0.176. The molecule has 0 spiro atoms. The van der Waals surface area contributed by atoms with E-state index in [1.807, 2.05) is 0 Å². The highest BCUT2D eigenvalue weighted by molar-refractivity contribution is 7.77. The molecule has 0 saturated heterocycles. The van der Waals surface area contributed by atoms with Gasteiger partial charge in [0.25, 0.3) is 0 Å². The van der Waals surface area contributed by atoms with Crippen LogP contribution in [0.4, 0.5) is 0 Å². The molecule has 0 aliphatic heterocycles. The zero-order valence-corrected chi connectivity index (χ0v) is 8.64. The summed E-state index contributed by atoms with van der Waals surface area (Å²) in [6.07, 6.45) is 0. The van der Waals surface area contributed by atoms with Gasteiger partial charge in [0.05, 0.1) is 6.54 Å². The second kappa shape index (κ2) is 5.21. The molecule has 0 aromatic heterocycles. The lowest BCUT2D eigenvalue weighted by Gasteiger charge is -2.00. The van der Waals surface area contributed by atoms with Crippen molar-refractivity contribution < 1.29 is 13.6 Å². The van der Waals surface area contributed by atoms with E-state index in [9.17, 15) is 9.00 Å². The van der Waals surface area contributed by atoms with Crippen molar-refractivity contribution >= 4 is 28.7 Å². The highest BCUT2D eigenvalue weighted by atomic mass is 35.5. The van der Waals surface area contributed by atoms with Crippen LogP contribution in [0.25, 0.3) is 0 Å². The summed E-state index contributed by atoms with van der Waals surface area (Å²) in [4.78, 5) is 11.3. The van der Waals surface area contributed by atoms with E-state index in [1.54, 1.807) is 24.3 Å². The fourth-order valence-electron chi connectivity index (χ4n) is 0.865. The van der Waals surface area contributed by atoms with E-state index in [4.69, 9.17) is 16.2 Å². The number of rotatable bonds is 4. The van der Waals surface area contributed by atoms with E-state index in [1.165, 1.54) is 0 Å². The van der Waals surface area contributed by atoms with Crippen molar-refractivity contribution in [3.05, 3.63) is 34.9 Å². The molecule has 0 bridgehead atoms. The van der Waals surface area contributed by atoms with Crippen LogP contribution in [-0.4, -0.2) is 21.1 Å². The molecule has 6 heteroatoms. The molecule has 76 valence electrons. The Balaban J connectivity index is 2.61. The molecule has 0 amide bonds. The van der Waals surface area contributed by atoms with E-state index in [0.29, 0.717) is 10.6 Å². The van der Waals surface area contributed by atoms with Gasteiger partial charge >= 0.3 is 0 Å². The van der Waals surface area contributed by atoms with E-state index in [2.05, 4.69) is 4.72 Å². The summed E-state index contributed by atoms with van der Waals surface area (Å²) in [7, 11) is 0. The van der Waals surface area contributed by atoms with Gasteiger partial charge in [-0.25, -0.2) is 8.93 Å². The summed E-state index contributed by atoms with van der Waals surface area (Å²) in [5, 5.41) is 0.542. The van der Waals surface area contributed by atoms with Crippen LogP contribution in [-0.2, 0) is 11.3 Å². The van der Waals surface area contributed by atoms with E-state index in [-0.39, 0.29) is 12.3 Å². The van der Waals surface area contributed by atoms with Gasteiger partial charge in [-0.1, -0.05) is 11.6 Å². The zero-order valence-electron chi connectivity index (χ0n) is 7.07. The topological polar surface area (TPSA) is 66.4 Å². The minimum atomic E-state index is -2.16. The second-order valence-corrected chi connectivity index (χ2v) is 3.72. The average Bonchev–Trinajstić information content (AvgIpc) is 2.15. The smallest absolute Gasteiger partial charge is 0.232 e. The molecule has 0 heterocycles. The Morgan fingerprint density at radius 1 is 1.43 bits per heavy atom. The Morgan fingerprint density at radius 3 is 2.50 bits per heavy atom. The first-order chi connectivity index (χ1) is 6.59. The first-order valence-corrected chi connectivity index (χ1v) is 5.21. The number of hydrogen-bond acceptors (Lipinski definition) is 2. The average molecular weight is 234 g/mol. The maximum Gasteiger partial charge on any atom is 0.232 e. The lowest BCUT2D eigenvalue weighted by molar-refractivity contribution is 0.0997. The van der Waals surface area contributed by atoms with Gasteiger partial charge in [-0.3, -0.25) is 9.35 Å². The molecule has 4 nitrogen and oxygen atoms in total. The minimum Gasteiger partial charge on any atom is -0.294 e. The summed E-state index contributed by atoms with van der Waals surface area (Å²) in [6.45, 7) is -0.176. The van der Waals surface area contributed by atoms with Gasteiger partial charge in [0, 0.05) is 10.6 Å². The summed E-state index contributed by atoms with van der Waals surface area (Å²) < 4.78 is 20.7. The van der Waals surface area contributed by atoms with E-state index < -0.39 is 11.3 Å². The molecule has 0 fully saturated rings. The first-order valence-electron chi connectivity index (χ1n) is 3.72. The quantitative estimate of drug-likeness (QED) is 0.608. The molecule has 0 radical (unpaired) electrons. The fraction of sp³-hybridized carbons (Fsp3) is 0.125. The molecule has 14 heavy (non-hydrogen) atoms. The first kappa shape index (κ1) is 11.3. The van der Waals surface area contributed by atoms with Gasteiger partial charge in [0.15, 0.2) is 5.78 Å². The largest absolute Gasteiger partial charge is 0.294 e. The molecule has 0 aliphatic rings. The monoisotopic (exact) mass is 233 g/mol. The third-order valence-corrected chi connectivity index (χ3v) is 2.17. The predicted octanol–water partition coefficient (Wildman–Crippen LogP) is 1.25. The molecule has 1 rings (SSSR count). The highest BCUT2D eigenvalue weighted by Crippen LogP contribution is 2.09. The normalized spacial score (nSPS) is 12.4. The van der Waals surface area contributed by atoms with Crippen LogP contribution in [0.3, 0.4) is 0 Å². The number of halogens is 1. The number of benzene rings is 1. The Bertz CT molecular complexity index is 352. The number of hydrogen-bond donors (Lipinski definition) is 2. The molecular weight excluding hydrogens is 226 g/mol. The van der Waals surface area contributed by atoms with Crippen LogP contribution in [0, 0.1) is 0 Å². The fourth-order valence-corrected chi connectivity index (χ4v) is 1.25. The van der Waals surface area contributed by atoms with Crippen molar-refractivity contribution in [3.63, 3.8) is 0 Å². The third-order valence-electron chi connectivity index (χ3n) is 1.52. The van der Waals surface area contributed by atoms with Crippen LogP contribution in [0.1, 0.15) is 10.4 Å². The van der Waals surface area contributed by atoms with Gasteiger partial charge in [-0.15, -0.1) is 0 Å². The van der Waals surface area contributed by atoms with Crippen molar-refractivity contribution in [1.82, 2.24) is 4.72 Å². The van der Waals surface area contributed by atoms with Crippen molar-refractivity contribution in [2.45, 2.75) is 0 Å². The van der Waals surface area contributed by atoms with Crippen molar-refractivity contribution in [1.29, 1.82) is 0 Å². The maximum atomic E-state index is 11.3. The lowest BCUT2D eigenvalue weighted by Crippen LogP contribution is -2.24. The highest BCUT2D eigenvalue weighted by Gasteiger charge is 2.05. The molecule has 0 aliphatic carbocycles. The third kappa shape index (κ3) is 3.55. The maximum absolute atomic E-state index is 11.3. The van der Waals surface area contributed by atoms with Crippen molar-refractivity contribution in [3.8, 4) is 0 Å².